The van der Waals surface area contributed by atoms with Crippen molar-refractivity contribution < 1.29 is 13.2 Å². The van der Waals surface area contributed by atoms with Gasteiger partial charge in [0.2, 0.25) is 0 Å². The van der Waals surface area contributed by atoms with Crippen LogP contribution in [0.3, 0.4) is 0 Å². The summed E-state index contributed by atoms with van der Waals surface area (Å²) in [6.07, 6.45) is -2.30. The van der Waals surface area contributed by atoms with E-state index >= 15 is 0 Å². The molecular weight excluding hydrogens is 241 g/mol. The lowest BCUT2D eigenvalue weighted by atomic mass is 9.89. The number of hydrogen-bond acceptors (Lipinski definition) is 2. The van der Waals surface area contributed by atoms with E-state index in [0.29, 0.717) is 6.54 Å². The first-order chi connectivity index (χ1) is 8.27. The van der Waals surface area contributed by atoms with Gasteiger partial charge in [0.1, 0.15) is 0 Å². The molecule has 0 aromatic heterocycles. The maximum absolute atomic E-state index is 12.4. The van der Waals surface area contributed by atoms with Crippen LogP contribution in [0.1, 0.15) is 46.5 Å². The molecule has 5 heteroatoms. The number of hydrogen-bond donors (Lipinski definition) is 1. The van der Waals surface area contributed by atoms with E-state index in [-0.39, 0.29) is 18.0 Å². The van der Waals surface area contributed by atoms with Gasteiger partial charge in [-0.1, -0.05) is 6.92 Å². The molecule has 1 fully saturated rings. The van der Waals surface area contributed by atoms with E-state index in [9.17, 15) is 13.2 Å². The number of nitrogens with zero attached hydrogens (tertiary/aromatic N) is 1. The number of rotatable bonds is 6. The molecule has 1 unspecified atom stereocenters. The molecule has 0 radical (unpaired) electrons. The van der Waals surface area contributed by atoms with Crippen LogP contribution in [-0.4, -0.2) is 42.3 Å². The van der Waals surface area contributed by atoms with Gasteiger partial charge in [0.25, 0.3) is 0 Å². The van der Waals surface area contributed by atoms with E-state index in [2.05, 4.69) is 24.1 Å². The maximum atomic E-state index is 12.4. The molecule has 1 saturated heterocycles. The molecule has 0 bridgehead atoms. The van der Waals surface area contributed by atoms with E-state index in [1.807, 2.05) is 6.92 Å². The molecule has 2 nitrogen and oxygen atoms in total. The zero-order valence-electron chi connectivity index (χ0n) is 11.6. The van der Waals surface area contributed by atoms with Gasteiger partial charge in [-0.15, -0.1) is 0 Å². The zero-order valence-corrected chi connectivity index (χ0v) is 11.6. The van der Waals surface area contributed by atoms with Crippen LogP contribution in [0.5, 0.6) is 0 Å². The second kappa shape index (κ2) is 6.24. The van der Waals surface area contributed by atoms with Crippen molar-refractivity contribution in [2.45, 2.75) is 64.2 Å². The number of likely N-dealkylation sites (tertiary alicyclic amines) is 1. The minimum absolute atomic E-state index is 0.109. The van der Waals surface area contributed by atoms with Gasteiger partial charge in [-0.3, -0.25) is 4.90 Å². The Bertz CT molecular complexity index is 245. The van der Waals surface area contributed by atoms with E-state index < -0.39 is 12.6 Å². The summed E-state index contributed by atoms with van der Waals surface area (Å²) in [5, 5.41) is 3.23. The van der Waals surface area contributed by atoms with E-state index in [4.69, 9.17) is 0 Å². The van der Waals surface area contributed by atoms with Crippen molar-refractivity contribution in [1.82, 2.24) is 10.2 Å². The zero-order chi connectivity index (χ0) is 13.8. The van der Waals surface area contributed by atoms with Crippen molar-refractivity contribution in [3.8, 4) is 0 Å². The lowest BCUT2D eigenvalue weighted by Gasteiger charge is -2.42. The van der Waals surface area contributed by atoms with Crippen molar-refractivity contribution in [1.29, 1.82) is 0 Å². The molecule has 1 N–H and O–H groups in total. The minimum atomic E-state index is -4.06. The molecule has 1 atom stereocenters. The fourth-order valence-corrected chi connectivity index (χ4v) is 2.77. The first kappa shape index (κ1) is 15.8. The molecule has 0 aliphatic carbocycles. The predicted octanol–water partition coefficient (Wildman–Crippen LogP) is 3.18. The molecule has 0 aromatic carbocycles. The Morgan fingerprint density at radius 3 is 2.17 bits per heavy atom. The molecule has 108 valence electrons. The molecule has 0 saturated carbocycles. The Morgan fingerprint density at radius 2 is 1.72 bits per heavy atom. The average molecular weight is 266 g/mol. The third-order valence-electron chi connectivity index (χ3n) is 3.94. The molecule has 1 heterocycles. The van der Waals surface area contributed by atoms with Crippen LogP contribution >= 0.6 is 0 Å². The van der Waals surface area contributed by atoms with Gasteiger partial charge < -0.3 is 5.32 Å². The second-order valence-electron chi connectivity index (χ2n) is 5.61. The normalized spacial score (nSPS) is 20.3. The van der Waals surface area contributed by atoms with Gasteiger partial charge >= 0.3 is 6.18 Å². The van der Waals surface area contributed by atoms with Crippen molar-refractivity contribution in [2.24, 2.45) is 0 Å². The molecule has 0 amide bonds. The highest BCUT2D eigenvalue weighted by Gasteiger charge is 2.38. The number of alkyl halides is 3. The largest absolute Gasteiger partial charge is 0.389 e. The molecule has 1 aliphatic heterocycles. The first-order valence-corrected chi connectivity index (χ1v) is 6.82. The quantitative estimate of drug-likeness (QED) is 0.794. The summed E-state index contributed by atoms with van der Waals surface area (Å²) in [6, 6.07) is -0.109. The van der Waals surface area contributed by atoms with Gasteiger partial charge in [-0.25, -0.2) is 0 Å². The summed E-state index contributed by atoms with van der Waals surface area (Å²) in [6.45, 7) is 8.77. The van der Waals surface area contributed by atoms with Crippen molar-refractivity contribution in [3.63, 3.8) is 0 Å². The summed E-state index contributed by atoms with van der Waals surface area (Å²) in [5.41, 5.74) is -0.211. The lowest BCUT2D eigenvalue weighted by molar-refractivity contribution is -0.138. The molecule has 0 aromatic rings. The van der Waals surface area contributed by atoms with Crippen LogP contribution in [0, 0.1) is 0 Å². The molecule has 1 rings (SSSR count). The Kier molecular flexibility index (Phi) is 5.46. The summed E-state index contributed by atoms with van der Waals surface area (Å²) >= 11 is 0. The highest BCUT2D eigenvalue weighted by atomic mass is 19.4. The monoisotopic (exact) mass is 266 g/mol. The molecular formula is C13H25F3N2. The van der Waals surface area contributed by atoms with Crippen LogP contribution in [0.2, 0.25) is 0 Å². The third kappa shape index (κ3) is 4.43. The van der Waals surface area contributed by atoms with Crippen molar-refractivity contribution in [3.05, 3.63) is 0 Å². The van der Waals surface area contributed by atoms with Crippen molar-refractivity contribution >= 4 is 0 Å². The topological polar surface area (TPSA) is 15.3 Å². The molecule has 0 spiro atoms. The van der Waals surface area contributed by atoms with Gasteiger partial charge in [-0.05, 0) is 52.7 Å². The summed E-state index contributed by atoms with van der Waals surface area (Å²) in [7, 11) is 0. The SMILES string of the molecule is CCNC(CCC(F)(F)F)C(C)(C)N1CCCC1. The van der Waals surface area contributed by atoms with Gasteiger partial charge in [0.15, 0.2) is 0 Å². The van der Waals surface area contributed by atoms with E-state index in [0.717, 1.165) is 25.9 Å². The van der Waals surface area contributed by atoms with Gasteiger partial charge in [0, 0.05) is 18.0 Å². The van der Waals surface area contributed by atoms with E-state index in [1.165, 1.54) is 0 Å². The highest BCUT2D eigenvalue weighted by Crippen LogP contribution is 2.30. The number of likely N-dealkylation sites (N-methyl/N-ethyl adjacent to an activating group) is 1. The van der Waals surface area contributed by atoms with Crippen LogP contribution in [0.15, 0.2) is 0 Å². The maximum Gasteiger partial charge on any atom is 0.389 e. The fraction of sp³-hybridized carbons (Fsp3) is 1.00. The molecule has 18 heavy (non-hydrogen) atoms. The Morgan fingerprint density at radius 1 is 1.17 bits per heavy atom. The Hall–Kier alpha value is -0.290. The predicted molar refractivity (Wildman–Crippen MR) is 67.6 cm³/mol. The van der Waals surface area contributed by atoms with Gasteiger partial charge in [0.05, 0.1) is 0 Å². The van der Waals surface area contributed by atoms with Gasteiger partial charge in [-0.2, -0.15) is 13.2 Å². The summed E-state index contributed by atoms with van der Waals surface area (Å²) in [5.74, 6) is 0. The number of nitrogens with one attached hydrogen (secondary N) is 1. The summed E-state index contributed by atoms with van der Waals surface area (Å²) < 4.78 is 37.1. The second-order valence-corrected chi connectivity index (χ2v) is 5.61. The smallest absolute Gasteiger partial charge is 0.312 e. The van der Waals surface area contributed by atoms with Crippen LogP contribution < -0.4 is 5.32 Å². The average Bonchev–Trinajstić information content (AvgIpc) is 2.76. The Balaban J connectivity index is 2.63. The fourth-order valence-electron chi connectivity index (χ4n) is 2.77. The minimum Gasteiger partial charge on any atom is -0.312 e. The van der Waals surface area contributed by atoms with E-state index in [1.54, 1.807) is 0 Å². The highest BCUT2D eigenvalue weighted by molar-refractivity contribution is 4.95. The number of halogens is 3. The summed E-state index contributed by atoms with van der Waals surface area (Å²) in [4.78, 5) is 2.32. The third-order valence-corrected chi connectivity index (χ3v) is 3.94. The first-order valence-electron chi connectivity index (χ1n) is 6.82. The van der Waals surface area contributed by atoms with Crippen LogP contribution in [0.4, 0.5) is 13.2 Å². The standard InChI is InChI=1S/C13H25F3N2/c1-4-17-11(7-8-13(14,15)16)12(2,3)18-9-5-6-10-18/h11,17H,4-10H2,1-3H3. The van der Waals surface area contributed by atoms with Crippen molar-refractivity contribution in [2.75, 3.05) is 19.6 Å². The Labute approximate surface area is 108 Å². The van der Waals surface area contributed by atoms with Crippen LogP contribution in [-0.2, 0) is 0 Å². The van der Waals surface area contributed by atoms with Crippen LogP contribution in [0.25, 0.3) is 0 Å². The lowest BCUT2D eigenvalue weighted by Crippen LogP contribution is -2.57. The molecule has 1 aliphatic rings.